The number of carbonyl (C=O) groups excluding carboxylic acids is 6. The summed E-state index contributed by atoms with van der Waals surface area (Å²) in [7, 11) is 0. The van der Waals surface area contributed by atoms with Gasteiger partial charge in [-0.1, -0.05) is 6.08 Å². The van der Waals surface area contributed by atoms with E-state index in [9.17, 15) is 28.8 Å². The number of esters is 1. The minimum absolute atomic E-state index is 0.00100. The van der Waals surface area contributed by atoms with Gasteiger partial charge in [-0.3, -0.25) is 29.0 Å². The van der Waals surface area contributed by atoms with E-state index in [0.717, 1.165) is 6.08 Å². The van der Waals surface area contributed by atoms with E-state index in [1.165, 1.54) is 24.8 Å². The zero-order valence-corrected chi connectivity index (χ0v) is 22.6. The number of nitrogens with two attached hydrogens (primary N) is 3. The quantitative estimate of drug-likeness (QED) is 0.0544. The third-order valence-electron chi connectivity index (χ3n) is 5.84. The molecule has 0 aromatic rings. The molecule has 1 heterocycles. The molecule has 4 atom stereocenters. The highest BCUT2D eigenvalue weighted by atomic mass is 16.5. The number of aliphatic imine (C=N–C) groups is 1. The Kier molecular flexibility index (Phi) is 14.0. The van der Waals surface area contributed by atoms with Crippen molar-refractivity contribution in [2.24, 2.45) is 22.2 Å². The molecule has 1 aliphatic rings. The van der Waals surface area contributed by atoms with Crippen LogP contribution in [0.3, 0.4) is 0 Å². The summed E-state index contributed by atoms with van der Waals surface area (Å²) < 4.78 is 4.83. The summed E-state index contributed by atoms with van der Waals surface area (Å²) in [6, 6.07) is -3.61. The molecular formula is C24H40N8O7. The Morgan fingerprint density at radius 2 is 1.74 bits per heavy atom. The maximum atomic E-state index is 13.1. The van der Waals surface area contributed by atoms with E-state index in [1.807, 2.05) is 0 Å². The average molecular weight is 553 g/mol. The van der Waals surface area contributed by atoms with E-state index in [0.29, 0.717) is 19.4 Å². The van der Waals surface area contributed by atoms with Crippen LogP contribution in [0.4, 0.5) is 0 Å². The molecule has 218 valence electrons. The minimum atomic E-state index is -1.13. The van der Waals surface area contributed by atoms with Crippen molar-refractivity contribution in [1.82, 2.24) is 20.9 Å². The molecule has 1 rings (SSSR count). The highest BCUT2D eigenvalue weighted by Crippen LogP contribution is 2.17. The number of guanidine groups is 1. The van der Waals surface area contributed by atoms with Crippen LogP contribution in [0.15, 0.2) is 17.1 Å². The molecule has 15 nitrogen and oxygen atoms in total. The molecule has 15 heteroatoms. The van der Waals surface area contributed by atoms with Crippen LogP contribution in [-0.2, 0) is 33.5 Å². The lowest BCUT2D eigenvalue weighted by Gasteiger charge is -2.26. The zero-order valence-electron chi connectivity index (χ0n) is 22.6. The van der Waals surface area contributed by atoms with E-state index < -0.39 is 53.8 Å². The van der Waals surface area contributed by atoms with Crippen molar-refractivity contribution in [2.75, 3.05) is 19.7 Å². The summed E-state index contributed by atoms with van der Waals surface area (Å²) in [5.74, 6) is -3.45. The molecule has 39 heavy (non-hydrogen) atoms. The first-order chi connectivity index (χ1) is 18.3. The number of amides is 5. The van der Waals surface area contributed by atoms with Gasteiger partial charge >= 0.3 is 5.97 Å². The second kappa shape index (κ2) is 16.6. The molecule has 0 radical (unpaired) electrons. The number of primary amides is 1. The van der Waals surface area contributed by atoms with Crippen LogP contribution in [0.2, 0.25) is 0 Å². The normalized spacial score (nSPS) is 17.0. The van der Waals surface area contributed by atoms with Gasteiger partial charge in [0.05, 0.1) is 6.61 Å². The van der Waals surface area contributed by atoms with Gasteiger partial charge in [-0.15, -0.1) is 0 Å². The van der Waals surface area contributed by atoms with E-state index in [2.05, 4.69) is 20.9 Å². The standard InChI is InChI=1S/C24H40N8O7/c1-4-39-20(35)10-8-16(7-9-19(25)34)30-22(37)17(11-12-28-24(26)27)31-21(36)14(2)29-23(38)18-6-5-13-32(18)15(3)33/h8,10,14,16-18H,4-7,9,11-13H2,1-3H3,(H2,25,34)(H,29,38)(H,30,37)(H,31,36)(H4,26,27,28)/b10-8+/t14-,16-,17-,18-/m0/s1. The summed E-state index contributed by atoms with van der Waals surface area (Å²) in [4.78, 5) is 78.8. The zero-order chi connectivity index (χ0) is 29.5. The number of hydrogen-bond donors (Lipinski definition) is 6. The first-order valence-corrected chi connectivity index (χ1v) is 12.7. The molecule has 1 fully saturated rings. The van der Waals surface area contributed by atoms with Crippen molar-refractivity contribution in [3.63, 3.8) is 0 Å². The number of rotatable bonds is 15. The van der Waals surface area contributed by atoms with Crippen LogP contribution in [-0.4, -0.2) is 90.2 Å². The van der Waals surface area contributed by atoms with Crippen LogP contribution in [0.1, 0.15) is 52.9 Å². The van der Waals surface area contributed by atoms with Crippen LogP contribution >= 0.6 is 0 Å². The monoisotopic (exact) mass is 552 g/mol. The Morgan fingerprint density at radius 1 is 1.05 bits per heavy atom. The molecule has 0 unspecified atom stereocenters. The van der Waals surface area contributed by atoms with E-state index >= 15 is 0 Å². The Balaban J connectivity index is 2.95. The van der Waals surface area contributed by atoms with E-state index in [4.69, 9.17) is 21.9 Å². The third-order valence-corrected chi connectivity index (χ3v) is 5.84. The minimum Gasteiger partial charge on any atom is -0.463 e. The van der Waals surface area contributed by atoms with Gasteiger partial charge in [-0.05, 0) is 39.5 Å². The Morgan fingerprint density at radius 3 is 2.33 bits per heavy atom. The predicted octanol–water partition coefficient (Wildman–Crippen LogP) is -2.48. The number of nitrogens with one attached hydrogen (secondary N) is 3. The summed E-state index contributed by atoms with van der Waals surface area (Å²) in [6.07, 6.45) is 3.65. The van der Waals surface area contributed by atoms with Crippen LogP contribution < -0.4 is 33.2 Å². The maximum absolute atomic E-state index is 13.1. The first kappa shape index (κ1) is 32.9. The molecule has 9 N–H and O–H groups in total. The number of hydrogen-bond acceptors (Lipinski definition) is 8. The summed E-state index contributed by atoms with van der Waals surface area (Å²) >= 11 is 0. The Hall–Kier alpha value is -4.17. The van der Waals surface area contributed by atoms with E-state index in [1.54, 1.807) is 6.92 Å². The number of carbonyl (C=O) groups is 6. The predicted molar refractivity (Wildman–Crippen MR) is 141 cm³/mol. The maximum Gasteiger partial charge on any atom is 0.330 e. The van der Waals surface area contributed by atoms with Gasteiger partial charge in [0.2, 0.25) is 29.5 Å². The van der Waals surface area contributed by atoms with Gasteiger partial charge in [0, 0.05) is 38.6 Å². The molecule has 0 aromatic heterocycles. The van der Waals surface area contributed by atoms with E-state index in [-0.39, 0.29) is 44.3 Å². The summed E-state index contributed by atoms with van der Waals surface area (Å²) in [5.41, 5.74) is 15.9. The van der Waals surface area contributed by atoms with Crippen molar-refractivity contribution in [2.45, 2.75) is 77.0 Å². The molecule has 0 saturated carbocycles. The molecule has 1 aliphatic heterocycles. The SMILES string of the molecule is CCOC(=O)/C=C/[C@H](CCC(N)=O)NC(=O)[C@H](CCN=C(N)N)NC(=O)[C@H](C)NC(=O)[C@@H]1CCCN1C(C)=O. The van der Waals surface area contributed by atoms with Crippen molar-refractivity contribution in [1.29, 1.82) is 0 Å². The van der Waals surface area contributed by atoms with Gasteiger partial charge in [0.1, 0.15) is 18.1 Å². The highest BCUT2D eigenvalue weighted by Gasteiger charge is 2.34. The molecule has 0 aromatic carbocycles. The van der Waals surface area contributed by atoms with Gasteiger partial charge in [-0.25, -0.2) is 4.79 Å². The lowest BCUT2D eigenvalue weighted by molar-refractivity contribution is -0.138. The molecule has 0 spiro atoms. The number of nitrogens with zero attached hydrogens (tertiary/aromatic N) is 2. The van der Waals surface area contributed by atoms with Gasteiger partial charge < -0.3 is 42.8 Å². The lowest BCUT2D eigenvalue weighted by atomic mass is 10.1. The van der Waals surface area contributed by atoms with Crippen LogP contribution in [0.5, 0.6) is 0 Å². The topological polar surface area (TPSA) is 241 Å². The summed E-state index contributed by atoms with van der Waals surface area (Å²) in [6.45, 7) is 5.08. The Labute approximate surface area is 227 Å². The van der Waals surface area contributed by atoms with Crippen molar-refractivity contribution >= 4 is 41.5 Å². The average Bonchev–Trinajstić information content (AvgIpc) is 3.35. The fourth-order valence-electron chi connectivity index (χ4n) is 3.86. The second-order valence-electron chi connectivity index (χ2n) is 8.99. The molecule has 0 bridgehead atoms. The van der Waals surface area contributed by atoms with Gasteiger partial charge in [-0.2, -0.15) is 0 Å². The highest BCUT2D eigenvalue weighted by molar-refractivity contribution is 5.94. The lowest BCUT2D eigenvalue weighted by Crippen LogP contribution is -2.56. The number of ether oxygens (including phenoxy) is 1. The van der Waals surface area contributed by atoms with Gasteiger partial charge in [0.15, 0.2) is 5.96 Å². The smallest absolute Gasteiger partial charge is 0.330 e. The molecule has 1 saturated heterocycles. The second-order valence-corrected chi connectivity index (χ2v) is 8.99. The molecule has 0 aliphatic carbocycles. The number of likely N-dealkylation sites (tertiary alicyclic amines) is 1. The largest absolute Gasteiger partial charge is 0.463 e. The van der Waals surface area contributed by atoms with Crippen molar-refractivity contribution in [3.8, 4) is 0 Å². The molecular weight excluding hydrogens is 512 g/mol. The first-order valence-electron chi connectivity index (χ1n) is 12.7. The molecule has 5 amide bonds. The van der Waals surface area contributed by atoms with Crippen molar-refractivity contribution < 1.29 is 33.5 Å². The van der Waals surface area contributed by atoms with Gasteiger partial charge in [0.25, 0.3) is 0 Å². The fourth-order valence-corrected chi connectivity index (χ4v) is 3.86. The Bertz CT molecular complexity index is 964. The fraction of sp³-hybridized carbons (Fsp3) is 0.625. The van der Waals surface area contributed by atoms with Crippen molar-refractivity contribution in [3.05, 3.63) is 12.2 Å². The van der Waals surface area contributed by atoms with Crippen LogP contribution in [0.25, 0.3) is 0 Å². The third kappa shape index (κ3) is 12.3. The van der Waals surface area contributed by atoms with Crippen LogP contribution in [0, 0.1) is 0 Å². The summed E-state index contributed by atoms with van der Waals surface area (Å²) in [5, 5.41) is 7.81.